The molecule has 0 fully saturated rings. The zero-order valence-electron chi connectivity index (χ0n) is 23.0. The number of carbonyl (C=O) groups is 1. The van der Waals surface area contributed by atoms with Gasteiger partial charge < -0.3 is 19.2 Å². The fraction of sp³-hybridized carbons (Fsp3) is 0.121. The molecule has 210 valence electrons. The lowest BCUT2D eigenvalue weighted by molar-refractivity contribution is 0.0602. The van der Waals surface area contributed by atoms with Crippen molar-refractivity contribution in [2.75, 3.05) is 12.0 Å². The molecule has 0 aliphatic heterocycles. The lowest BCUT2D eigenvalue weighted by Gasteiger charge is -2.25. The third kappa shape index (κ3) is 5.12. The summed E-state index contributed by atoms with van der Waals surface area (Å²) in [4.78, 5) is 26.9. The number of hydrogen-bond donors (Lipinski definition) is 1. The number of benzene rings is 3. The Bertz CT molecular complexity index is 1820. The second kappa shape index (κ2) is 11.3. The van der Waals surface area contributed by atoms with Gasteiger partial charge in [-0.25, -0.2) is 23.5 Å². The van der Waals surface area contributed by atoms with Crippen LogP contribution in [0.3, 0.4) is 0 Å². The van der Waals surface area contributed by atoms with Crippen LogP contribution in [0, 0.1) is 11.6 Å². The minimum absolute atomic E-state index is 0.171. The predicted octanol–water partition coefficient (Wildman–Crippen LogP) is 6.90. The molecule has 7 nitrogen and oxygen atoms in total. The molecule has 3 aromatic carbocycles. The van der Waals surface area contributed by atoms with Crippen molar-refractivity contribution in [3.63, 3.8) is 0 Å². The van der Waals surface area contributed by atoms with Gasteiger partial charge in [-0.2, -0.15) is 0 Å². The van der Waals surface area contributed by atoms with Crippen LogP contribution in [-0.4, -0.2) is 32.6 Å². The van der Waals surface area contributed by atoms with Gasteiger partial charge in [0.2, 0.25) is 0 Å². The predicted molar refractivity (Wildman–Crippen MR) is 158 cm³/mol. The second-order valence-electron chi connectivity index (χ2n) is 9.96. The Morgan fingerprint density at radius 3 is 2.10 bits per heavy atom. The number of nitrogens with zero attached hydrogens (tertiary/aromatic N) is 4. The van der Waals surface area contributed by atoms with E-state index in [9.17, 15) is 4.79 Å². The van der Waals surface area contributed by atoms with E-state index in [0.29, 0.717) is 41.2 Å². The van der Waals surface area contributed by atoms with E-state index in [0.717, 1.165) is 11.1 Å². The van der Waals surface area contributed by atoms with Crippen LogP contribution in [0.2, 0.25) is 0 Å². The normalized spacial score (nSPS) is 11.1. The van der Waals surface area contributed by atoms with Crippen molar-refractivity contribution in [1.82, 2.24) is 19.5 Å². The highest BCUT2D eigenvalue weighted by Gasteiger charge is 2.24. The van der Waals surface area contributed by atoms with Gasteiger partial charge in [-0.15, -0.1) is 0 Å². The second-order valence-corrected chi connectivity index (χ2v) is 9.96. The summed E-state index contributed by atoms with van der Waals surface area (Å²) in [5, 5.41) is 0.444. The Morgan fingerprint density at radius 2 is 1.55 bits per heavy atom. The molecule has 42 heavy (non-hydrogen) atoms. The number of aromatic nitrogens is 4. The van der Waals surface area contributed by atoms with Crippen molar-refractivity contribution in [3.8, 4) is 22.6 Å². The Morgan fingerprint density at radius 1 is 0.929 bits per heavy atom. The van der Waals surface area contributed by atoms with E-state index in [-0.39, 0.29) is 16.8 Å². The number of aryl methyl sites for hydroxylation is 1. The summed E-state index contributed by atoms with van der Waals surface area (Å²) in [5.41, 5.74) is 2.99. The molecule has 0 saturated carbocycles. The van der Waals surface area contributed by atoms with E-state index in [2.05, 4.69) is 19.9 Å². The van der Waals surface area contributed by atoms with Crippen LogP contribution in [-0.2, 0) is 24.9 Å². The van der Waals surface area contributed by atoms with Crippen LogP contribution in [0.15, 0.2) is 97.5 Å². The number of esters is 1. The zero-order valence-corrected chi connectivity index (χ0v) is 23.0. The SMILES string of the molecule is COC(=O)c1cnc(N(Cc2ccccc2)Cc2ccccc2)c2[nH]c(-c3c(F)cc(-c4nccn4C)cc3F)cc12. The van der Waals surface area contributed by atoms with E-state index in [1.807, 2.05) is 60.7 Å². The first kappa shape index (κ1) is 26.9. The number of carbonyl (C=O) groups excluding carboxylic acids is 1. The summed E-state index contributed by atoms with van der Waals surface area (Å²) in [6, 6.07) is 23.9. The van der Waals surface area contributed by atoms with Crippen molar-refractivity contribution < 1.29 is 18.3 Å². The fourth-order valence-corrected chi connectivity index (χ4v) is 5.17. The summed E-state index contributed by atoms with van der Waals surface area (Å²) < 4.78 is 37.9. The van der Waals surface area contributed by atoms with Crippen LogP contribution in [0.1, 0.15) is 21.5 Å². The summed E-state index contributed by atoms with van der Waals surface area (Å²) in [5.74, 6) is -1.17. The summed E-state index contributed by atoms with van der Waals surface area (Å²) >= 11 is 0. The molecule has 0 unspecified atom stereocenters. The maximum atomic E-state index is 15.6. The fourth-order valence-electron chi connectivity index (χ4n) is 5.17. The van der Waals surface area contributed by atoms with E-state index < -0.39 is 17.6 Å². The molecule has 0 spiro atoms. The number of hydrogen-bond acceptors (Lipinski definition) is 5. The Hall–Kier alpha value is -5.31. The highest BCUT2D eigenvalue weighted by Crippen LogP contribution is 2.36. The van der Waals surface area contributed by atoms with Gasteiger partial charge in [0, 0.05) is 49.7 Å². The van der Waals surface area contributed by atoms with Crippen molar-refractivity contribution >= 4 is 22.7 Å². The van der Waals surface area contributed by atoms with Gasteiger partial charge in [0.05, 0.1) is 29.4 Å². The molecule has 0 aliphatic rings. The number of anilines is 1. The van der Waals surface area contributed by atoms with Crippen molar-refractivity contribution in [2.45, 2.75) is 13.1 Å². The lowest BCUT2D eigenvalue weighted by atomic mass is 10.1. The first-order valence-corrected chi connectivity index (χ1v) is 13.3. The van der Waals surface area contributed by atoms with Gasteiger partial charge in [-0.05, 0) is 29.3 Å². The van der Waals surface area contributed by atoms with Crippen LogP contribution in [0.4, 0.5) is 14.6 Å². The minimum Gasteiger partial charge on any atom is -0.465 e. The van der Waals surface area contributed by atoms with Crippen LogP contribution in [0.25, 0.3) is 33.5 Å². The molecule has 9 heteroatoms. The highest BCUT2D eigenvalue weighted by molar-refractivity contribution is 6.07. The first-order chi connectivity index (χ1) is 20.4. The third-order valence-electron chi connectivity index (χ3n) is 7.18. The molecule has 0 saturated heterocycles. The molecule has 6 aromatic rings. The third-order valence-corrected chi connectivity index (χ3v) is 7.18. The van der Waals surface area contributed by atoms with Crippen LogP contribution in [0.5, 0.6) is 0 Å². The van der Waals surface area contributed by atoms with Crippen LogP contribution < -0.4 is 4.90 Å². The molecule has 0 atom stereocenters. The number of H-pyrrole nitrogens is 1. The molecule has 0 aliphatic carbocycles. The number of imidazole rings is 1. The number of fused-ring (bicyclic) bond motifs is 1. The summed E-state index contributed by atoms with van der Waals surface area (Å²) in [7, 11) is 3.03. The average molecular weight is 564 g/mol. The van der Waals surface area contributed by atoms with E-state index >= 15 is 8.78 Å². The highest BCUT2D eigenvalue weighted by atomic mass is 19.1. The lowest BCUT2D eigenvalue weighted by Crippen LogP contribution is -2.24. The zero-order chi connectivity index (χ0) is 29.2. The van der Waals surface area contributed by atoms with Gasteiger partial charge in [-0.1, -0.05) is 60.7 Å². The average Bonchev–Trinajstić information content (AvgIpc) is 3.63. The molecule has 0 bridgehead atoms. The maximum absolute atomic E-state index is 15.6. The maximum Gasteiger partial charge on any atom is 0.340 e. The Kier molecular flexibility index (Phi) is 7.23. The number of halogens is 2. The number of ether oxygens (including phenoxy) is 1. The molecule has 3 heterocycles. The van der Waals surface area contributed by atoms with E-state index in [1.165, 1.54) is 25.4 Å². The number of pyridine rings is 1. The van der Waals surface area contributed by atoms with Gasteiger partial charge in [0.25, 0.3) is 0 Å². The smallest absolute Gasteiger partial charge is 0.340 e. The molecule has 0 amide bonds. The number of rotatable bonds is 8. The monoisotopic (exact) mass is 563 g/mol. The summed E-state index contributed by atoms with van der Waals surface area (Å²) in [6.45, 7) is 1.01. The van der Waals surface area contributed by atoms with Crippen LogP contribution >= 0.6 is 0 Å². The minimum atomic E-state index is -0.765. The molecule has 6 rings (SSSR count). The van der Waals surface area contributed by atoms with E-state index in [4.69, 9.17) is 4.74 Å². The Labute approximate surface area is 241 Å². The van der Waals surface area contributed by atoms with Crippen molar-refractivity contribution in [1.29, 1.82) is 0 Å². The summed E-state index contributed by atoms with van der Waals surface area (Å²) in [6.07, 6.45) is 4.72. The quantitative estimate of drug-likeness (QED) is 0.204. The van der Waals surface area contributed by atoms with Gasteiger partial charge in [0.15, 0.2) is 5.82 Å². The first-order valence-electron chi connectivity index (χ1n) is 13.3. The van der Waals surface area contributed by atoms with Gasteiger partial charge in [0.1, 0.15) is 17.5 Å². The number of nitrogens with one attached hydrogen (secondary N) is 1. The molecular weight excluding hydrogens is 536 g/mol. The van der Waals surface area contributed by atoms with Crippen molar-refractivity contribution in [3.05, 3.63) is 126 Å². The van der Waals surface area contributed by atoms with Gasteiger partial charge >= 0.3 is 5.97 Å². The molecule has 0 radical (unpaired) electrons. The largest absolute Gasteiger partial charge is 0.465 e. The van der Waals surface area contributed by atoms with Crippen molar-refractivity contribution in [2.24, 2.45) is 7.05 Å². The number of aromatic amines is 1. The standard InChI is InChI=1S/C33H27F2N5O2/c1-39-14-13-36-31(39)23-15-26(34)29(27(35)16-23)28-17-24-25(33(41)42-2)18-37-32(30(24)38-28)40(19-21-9-5-3-6-10-21)20-22-11-7-4-8-12-22/h3-18,38H,19-20H2,1-2H3. The molecular formula is C33H27F2N5O2. The van der Waals surface area contributed by atoms with Gasteiger partial charge in [-0.3, -0.25) is 0 Å². The Balaban J connectivity index is 1.51. The molecule has 3 aromatic heterocycles. The number of methoxy groups -OCH3 is 1. The van der Waals surface area contributed by atoms with E-state index in [1.54, 1.807) is 30.1 Å². The molecule has 1 N–H and O–H groups in total. The topological polar surface area (TPSA) is 76.0 Å².